The van der Waals surface area contributed by atoms with Crippen molar-refractivity contribution in [3.63, 3.8) is 0 Å². The van der Waals surface area contributed by atoms with Crippen LogP contribution in [0.3, 0.4) is 0 Å². The molecule has 0 saturated carbocycles. The SMILES string of the molecule is CCCCCCCCCCCCCCCCNC(=O)Nc1cc(Cl)ccc1Cl. The third-order valence-corrected chi connectivity index (χ3v) is 5.56. The predicted octanol–water partition coefficient (Wildman–Crippen LogP) is 8.60. The van der Waals surface area contributed by atoms with Crippen LogP contribution in [0.5, 0.6) is 0 Å². The van der Waals surface area contributed by atoms with Gasteiger partial charge in [0.1, 0.15) is 0 Å². The van der Waals surface area contributed by atoms with E-state index in [0.29, 0.717) is 22.3 Å². The smallest absolute Gasteiger partial charge is 0.319 e. The second kappa shape index (κ2) is 17.0. The first-order chi connectivity index (χ1) is 13.6. The number of hydrogen-bond acceptors (Lipinski definition) is 1. The van der Waals surface area contributed by atoms with E-state index in [2.05, 4.69) is 17.6 Å². The van der Waals surface area contributed by atoms with E-state index in [1.165, 1.54) is 77.0 Å². The molecule has 0 spiro atoms. The molecule has 0 bridgehead atoms. The number of urea groups is 1. The first-order valence-corrected chi connectivity index (χ1v) is 11.9. The van der Waals surface area contributed by atoms with Gasteiger partial charge in [-0.15, -0.1) is 0 Å². The number of carbonyl (C=O) groups excluding carboxylic acids is 1. The Labute approximate surface area is 182 Å². The average Bonchev–Trinajstić information content (AvgIpc) is 2.67. The molecule has 0 atom stereocenters. The molecule has 0 fully saturated rings. The molecule has 0 aromatic heterocycles. The molecule has 3 nitrogen and oxygen atoms in total. The van der Waals surface area contributed by atoms with Crippen molar-refractivity contribution in [2.45, 2.75) is 96.8 Å². The lowest BCUT2D eigenvalue weighted by molar-refractivity contribution is 0.252. The molecular weight excluding hydrogens is 391 g/mol. The first-order valence-electron chi connectivity index (χ1n) is 11.1. The Morgan fingerprint density at radius 1 is 0.786 bits per heavy atom. The summed E-state index contributed by atoms with van der Waals surface area (Å²) in [6.07, 6.45) is 18.6. The number of halogens is 2. The van der Waals surface area contributed by atoms with Gasteiger partial charge in [-0.05, 0) is 24.6 Å². The standard InChI is InChI=1S/C23H38Cl2N2O/c1-2-3-4-5-6-7-8-9-10-11-12-13-14-15-18-26-23(28)27-22-19-20(24)16-17-21(22)25/h16-17,19H,2-15,18H2,1H3,(H2,26,27,28). The summed E-state index contributed by atoms with van der Waals surface area (Å²) in [7, 11) is 0. The highest BCUT2D eigenvalue weighted by molar-refractivity contribution is 6.35. The van der Waals surface area contributed by atoms with Crippen LogP contribution in [0.15, 0.2) is 18.2 Å². The van der Waals surface area contributed by atoms with E-state index in [9.17, 15) is 4.79 Å². The molecule has 1 rings (SSSR count). The summed E-state index contributed by atoms with van der Waals surface area (Å²) in [5.74, 6) is 0. The van der Waals surface area contributed by atoms with Crippen LogP contribution < -0.4 is 10.6 Å². The zero-order chi connectivity index (χ0) is 20.5. The van der Waals surface area contributed by atoms with Gasteiger partial charge < -0.3 is 10.6 Å². The Kier molecular flexibility index (Phi) is 15.2. The van der Waals surface area contributed by atoms with Crippen molar-refractivity contribution in [3.8, 4) is 0 Å². The van der Waals surface area contributed by atoms with Crippen molar-refractivity contribution >= 4 is 34.9 Å². The second-order valence-electron chi connectivity index (χ2n) is 7.60. The number of carbonyl (C=O) groups is 1. The number of benzene rings is 1. The van der Waals surface area contributed by atoms with Gasteiger partial charge in [-0.3, -0.25) is 0 Å². The summed E-state index contributed by atoms with van der Waals surface area (Å²) in [5, 5.41) is 6.63. The van der Waals surface area contributed by atoms with E-state index in [-0.39, 0.29) is 6.03 Å². The van der Waals surface area contributed by atoms with E-state index in [1.54, 1.807) is 18.2 Å². The molecule has 5 heteroatoms. The van der Waals surface area contributed by atoms with Crippen molar-refractivity contribution < 1.29 is 4.79 Å². The van der Waals surface area contributed by atoms with Crippen LogP contribution in [0.2, 0.25) is 10.0 Å². The normalized spacial score (nSPS) is 10.8. The van der Waals surface area contributed by atoms with Gasteiger partial charge in [0.15, 0.2) is 0 Å². The lowest BCUT2D eigenvalue weighted by atomic mass is 10.0. The molecule has 0 radical (unpaired) electrons. The largest absolute Gasteiger partial charge is 0.338 e. The van der Waals surface area contributed by atoms with Gasteiger partial charge >= 0.3 is 6.03 Å². The molecular formula is C23H38Cl2N2O. The zero-order valence-electron chi connectivity index (χ0n) is 17.5. The summed E-state index contributed by atoms with van der Waals surface area (Å²) in [4.78, 5) is 11.9. The van der Waals surface area contributed by atoms with Crippen LogP contribution in [0, 0.1) is 0 Å². The number of rotatable bonds is 16. The third kappa shape index (κ3) is 13.3. The second-order valence-corrected chi connectivity index (χ2v) is 8.44. The average molecular weight is 429 g/mol. The highest BCUT2D eigenvalue weighted by atomic mass is 35.5. The van der Waals surface area contributed by atoms with Crippen LogP contribution in [-0.2, 0) is 0 Å². The number of unbranched alkanes of at least 4 members (excludes halogenated alkanes) is 13. The molecule has 0 heterocycles. The van der Waals surface area contributed by atoms with E-state index in [4.69, 9.17) is 23.2 Å². The van der Waals surface area contributed by atoms with E-state index < -0.39 is 0 Å². The van der Waals surface area contributed by atoms with Gasteiger partial charge in [-0.2, -0.15) is 0 Å². The van der Waals surface area contributed by atoms with Gasteiger partial charge in [0, 0.05) is 11.6 Å². The van der Waals surface area contributed by atoms with Crippen LogP contribution in [0.1, 0.15) is 96.8 Å². The summed E-state index contributed by atoms with van der Waals surface area (Å²) in [5.41, 5.74) is 0.535. The number of anilines is 1. The molecule has 2 N–H and O–H groups in total. The molecule has 0 aliphatic carbocycles. The van der Waals surface area contributed by atoms with Crippen LogP contribution in [0.25, 0.3) is 0 Å². The highest BCUT2D eigenvalue weighted by Gasteiger charge is 2.05. The fraction of sp³-hybridized carbons (Fsp3) is 0.696. The Balaban J connectivity index is 1.87. The molecule has 0 unspecified atom stereocenters. The van der Waals surface area contributed by atoms with Gasteiger partial charge in [0.2, 0.25) is 0 Å². The van der Waals surface area contributed by atoms with Crippen LogP contribution in [-0.4, -0.2) is 12.6 Å². The van der Waals surface area contributed by atoms with Crippen LogP contribution >= 0.6 is 23.2 Å². The Bertz CT molecular complexity index is 537. The summed E-state index contributed by atoms with van der Waals surface area (Å²) in [6.45, 7) is 2.95. The van der Waals surface area contributed by atoms with Gasteiger partial charge in [-0.1, -0.05) is 114 Å². The molecule has 0 aliphatic heterocycles. The summed E-state index contributed by atoms with van der Waals surface area (Å²) in [6, 6.07) is 4.78. The third-order valence-electron chi connectivity index (χ3n) is 4.99. The molecule has 2 amide bonds. The number of amides is 2. The summed E-state index contributed by atoms with van der Waals surface area (Å²) >= 11 is 12.0. The molecule has 1 aromatic carbocycles. The lowest BCUT2D eigenvalue weighted by Gasteiger charge is -2.09. The van der Waals surface area contributed by atoms with Crippen LogP contribution in [0.4, 0.5) is 10.5 Å². The van der Waals surface area contributed by atoms with Crippen molar-refractivity contribution in [1.29, 1.82) is 0 Å². The molecule has 0 aliphatic rings. The van der Waals surface area contributed by atoms with E-state index >= 15 is 0 Å². The quantitative estimate of drug-likeness (QED) is 0.254. The van der Waals surface area contributed by atoms with Gasteiger partial charge in [-0.25, -0.2) is 4.79 Å². The highest BCUT2D eigenvalue weighted by Crippen LogP contribution is 2.25. The minimum atomic E-state index is -0.237. The van der Waals surface area contributed by atoms with Crippen molar-refractivity contribution in [3.05, 3.63) is 28.2 Å². The number of hydrogen-bond donors (Lipinski definition) is 2. The molecule has 160 valence electrons. The predicted molar refractivity (Wildman–Crippen MR) is 124 cm³/mol. The summed E-state index contributed by atoms with van der Waals surface area (Å²) < 4.78 is 0. The Morgan fingerprint density at radius 3 is 1.82 bits per heavy atom. The molecule has 28 heavy (non-hydrogen) atoms. The molecule has 1 aromatic rings. The van der Waals surface area contributed by atoms with Crippen molar-refractivity contribution in [2.24, 2.45) is 0 Å². The maximum absolute atomic E-state index is 11.9. The topological polar surface area (TPSA) is 41.1 Å². The maximum atomic E-state index is 11.9. The Hall–Kier alpha value is -0.930. The Morgan fingerprint density at radius 2 is 1.29 bits per heavy atom. The number of nitrogens with one attached hydrogen (secondary N) is 2. The fourth-order valence-electron chi connectivity index (χ4n) is 3.28. The monoisotopic (exact) mass is 428 g/mol. The maximum Gasteiger partial charge on any atom is 0.319 e. The van der Waals surface area contributed by atoms with Crippen molar-refractivity contribution in [1.82, 2.24) is 5.32 Å². The van der Waals surface area contributed by atoms with Crippen molar-refractivity contribution in [2.75, 3.05) is 11.9 Å². The minimum absolute atomic E-state index is 0.237. The fourth-order valence-corrected chi connectivity index (χ4v) is 3.62. The first kappa shape index (κ1) is 25.1. The molecule has 0 saturated heterocycles. The lowest BCUT2D eigenvalue weighted by Crippen LogP contribution is -2.29. The van der Waals surface area contributed by atoms with Gasteiger partial charge in [0.25, 0.3) is 0 Å². The zero-order valence-corrected chi connectivity index (χ0v) is 19.0. The van der Waals surface area contributed by atoms with E-state index in [1.807, 2.05) is 0 Å². The van der Waals surface area contributed by atoms with Gasteiger partial charge in [0.05, 0.1) is 10.7 Å². The minimum Gasteiger partial charge on any atom is -0.338 e. The van der Waals surface area contributed by atoms with E-state index in [0.717, 1.165) is 12.8 Å².